The maximum absolute atomic E-state index is 14.4. The molecule has 2 N–H and O–H groups in total. The number of sulfonamides is 1. The normalized spacial score (nSPS) is 23.4. The molecule has 2 aromatic rings. The van der Waals surface area contributed by atoms with E-state index in [2.05, 4.69) is 28.8 Å². The van der Waals surface area contributed by atoms with Crippen LogP contribution >= 0.6 is 0 Å². The highest BCUT2D eigenvalue weighted by Gasteiger charge is 2.31. The number of aryl methyl sites for hydroxylation is 2. The number of amides is 1. The third-order valence-corrected chi connectivity index (χ3v) is 11.0. The van der Waals surface area contributed by atoms with Gasteiger partial charge in [-0.25, -0.2) is 8.42 Å². The first-order valence-electron chi connectivity index (χ1n) is 16.9. The molecule has 1 saturated carbocycles. The Morgan fingerprint density at radius 2 is 1.80 bits per heavy atom. The van der Waals surface area contributed by atoms with Gasteiger partial charge in [0.25, 0.3) is 15.9 Å². The lowest BCUT2D eigenvalue weighted by Crippen LogP contribution is -2.47. The zero-order chi connectivity index (χ0) is 33.4. The van der Waals surface area contributed by atoms with Crippen molar-refractivity contribution in [2.24, 2.45) is 11.8 Å². The second-order valence-electron chi connectivity index (χ2n) is 13.5. The third kappa shape index (κ3) is 9.45. The number of carbonyl (C=O) groups excluding carboxylic acids is 1. The van der Waals surface area contributed by atoms with Gasteiger partial charge in [0.15, 0.2) is 10.7 Å². The monoisotopic (exact) mass is 662 g/mol. The lowest BCUT2D eigenvalue weighted by molar-refractivity contribution is -0.0190. The van der Waals surface area contributed by atoms with Gasteiger partial charge in [0, 0.05) is 37.8 Å². The van der Waals surface area contributed by atoms with Crippen molar-refractivity contribution in [2.45, 2.75) is 109 Å². The van der Waals surface area contributed by atoms with Crippen molar-refractivity contribution in [2.75, 3.05) is 44.6 Å². The summed E-state index contributed by atoms with van der Waals surface area (Å²) in [6.07, 6.45) is 8.79. The molecule has 4 rings (SSSR count). The van der Waals surface area contributed by atoms with Gasteiger partial charge in [0.05, 0.1) is 30.4 Å². The average molecular weight is 663 g/mol. The van der Waals surface area contributed by atoms with Gasteiger partial charge in [-0.1, -0.05) is 31.3 Å². The molecule has 1 aliphatic carbocycles. The van der Waals surface area contributed by atoms with Gasteiger partial charge < -0.3 is 28.9 Å². The molecule has 0 spiro atoms. The highest BCUT2D eigenvalue weighted by molar-refractivity contribution is 7.92. The van der Waals surface area contributed by atoms with Crippen molar-refractivity contribution in [3.63, 3.8) is 0 Å². The lowest BCUT2D eigenvalue weighted by atomic mass is 9.89. The summed E-state index contributed by atoms with van der Waals surface area (Å²) in [7, 11) is -1.88. The first-order chi connectivity index (χ1) is 21.9. The van der Waals surface area contributed by atoms with E-state index in [-0.39, 0.29) is 58.2 Å². The molecule has 0 unspecified atom stereocenters. The SMILES string of the molecule is Cc1noc(C)c1S(=O)(=O)Nc1ccc2c(c1)C(=O)N([C@H](C)CO)C[C@H](C)[C@@H](CN(C)CC1CCCCC1)OCCCC[C@@H](C)O2. The first kappa shape index (κ1) is 36.2. The summed E-state index contributed by atoms with van der Waals surface area (Å²) in [4.78, 5) is 18.4. The standard InChI is InChI=1S/C34H54N4O7S/c1-23-19-38(24(2)22-39)34(40)30-18-29(36-46(41,42)33-26(4)35-45-27(33)5)15-16-31(30)44-25(3)12-10-11-17-43-32(23)21-37(6)20-28-13-8-7-9-14-28/h15-16,18,23-25,28,32,36,39H,7-14,17,19-22H2,1-6H3/t23-,24+,25+,32+/m0/s1. The molecular formula is C34H54N4O7S. The Morgan fingerprint density at radius 3 is 2.48 bits per heavy atom. The zero-order valence-corrected chi connectivity index (χ0v) is 29.3. The number of likely N-dealkylation sites (N-methyl/N-ethyl adjacent to an activating group) is 1. The van der Waals surface area contributed by atoms with Gasteiger partial charge >= 0.3 is 0 Å². The molecule has 0 saturated heterocycles. The Kier molecular flexibility index (Phi) is 12.9. The molecule has 258 valence electrons. The van der Waals surface area contributed by atoms with E-state index < -0.39 is 16.1 Å². The van der Waals surface area contributed by atoms with E-state index in [0.717, 1.165) is 32.4 Å². The van der Waals surface area contributed by atoms with Crippen LogP contribution in [0.4, 0.5) is 5.69 Å². The van der Waals surface area contributed by atoms with Gasteiger partial charge in [-0.15, -0.1) is 0 Å². The topological polar surface area (TPSA) is 134 Å². The molecule has 0 radical (unpaired) electrons. The second kappa shape index (κ2) is 16.4. The number of hydrogen-bond acceptors (Lipinski definition) is 9. The zero-order valence-electron chi connectivity index (χ0n) is 28.5. The van der Waals surface area contributed by atoms with E-state index in [4.69, 9.17) is 14.0 Å². The van der Waals surface area contributed by atoms with Gasteiger partial charge in [-0.05, 0) is 91.0 Å². The maximum Gasteiger partial charge on any atom is 0.267 e. The highest BCUT2D eigenvalue weighted by atomic mass is 32.2. The smallest absolute Gasteiger partial charge is 0.267 e. The molecule has 0 bridgehead atoms. The fraction of sp³-hybridized carbons (Fsp3) is 0.706. The minimum absolute atomic E-state index is 0.0285. The number of carbonyl (C=O) groups is 1. The van der Waals surface area contributed by atoms with Crippen LogP contribution in [0.3, 0.4) is 0 Å². The Morgan fingerprint density at radius 1 is 1.09 bits per heavy atom. The number of nitrogens with one attached hydrogen (secondary N) is 1. The van der Waals surface area contributed by atoms with Crippen molar-refractivity contribution < 1.29 is 32.3 Å². The van der Waals surface area contributed by atoms with Gasteiger partial charge in [-0.2, -0.15) is 0 Å². The van der Waals surface area contributed by atoms with E-state index in [1.807, 2.05) is 13.8 Å². The van der Waals surface area contributed by atoms with Gasteiger partial charge in [0.2, 0.25) is 0 Å². The van der Waals surface area contributed by atoms with E-state index in [1.54, 1.807) is 24.0 Å². The molecule has 1 amide bonds. The number of rotatable bonds is 9. The predicted molar refractivity (Wildman–Crippen MR) is 178 cm³/mol. The molecule has 4 atom stereocenters. The van der Waals surface area contributed by atoms with E-state index in [9.17, 15) is 18.3 Å². The molecule has 2 heterocycles. The number of aliphatic hydroxyl groups excluding tert-OH is 1. The maximum atomic E-state index is 14.4. The number of aromatic nitrogens is 1. The van der Waals surface area contributed by atoms with Crippen LogP contribution in [0.1, 0.15) is 93.9 Å². The second-order valence-corrected chi connectivity index (χ2v) is 15.1. The molecule has 46 heavy (non-hydrogen) atoms. The Balaban J connectivity index is 1.63. The van der Waals surface area contributed by atoms with Gasteiger partial charge in [0.1, 0.15) is 11.4 Å². The van der Waals surface area contributed by atoms with Crippen LogP contribution in [-0.2, 0) is 14.8 Å². The number of benzene rings is 1. The van der Waals surface area contributed by atoms with E-state index in [1.165, 1.54) is 45.1 Å². The Labute approximate surface area is 275 Å². The number of aliphatic hydroxyl groups is 1. The molecule has 2 aliphatic rings. The number of nitrogens with zero attached hydrogens (tertiary/aromatic N) is 3. The fourth-order valence-corrected chi connectivity index (χ4v) is 8.09. The van der Waals surface area contributed by atoms with E-state index >= 15 is 0 Å². The van der Waals surface area contributed by atoms with Crippen molar-refractivity contribution in [3.05, 3.63) is 35.2 Å². The average Bonchev–Trinajstić information content (AvgIpc) is 3.37. The van der Waals surface area contributed by atoms with Crippen LogP contribution in [0.2, 0.25) is 0 Å². The van der Waals surface area contributed by atoms with E-state index in [0.29, 0.717) is 24.8 Å². The minimum atomic E-state index is -4.04. The molecular weight excluding hydrogens is 608 g/mol. The first-order valence-corrected chi connectivity index (χ1v) is 18.4. The highest BCUT2D eigenvalue weighted by Crippen LogP contribution is 2.31. The van der Waals surface area contributed by atoms with Crippen molar-refractivity contribution in [1.29, 1.82) is 0 Å². The number of anilines is 1. The number of ether oxygens (including phenoxy) is 2. The fourth-order valence-electron chi connectivity index (χ4n) is 6.71. The molecule has 1 aromatic carbocycles. The minimum Gasteiger partial charge on any atom is -0.490 e. The summed E-state index contributed by atoms with van der Waals surface area (Å²) >= 11 is 0. The Hall–Kier alpha value is -2.67. The van der Waals surface area contributed by atoms with Gasteiger partial charge in [-0.3, -0.25) is 9.52 Å². The quantitative estimate of drug-likeness (QED) is 0.362. The summed E-state index contributed by atoms with van der Waals surface area (Å²) in [6.45, 7) is 11.5. The van der Waals surface area contributed by atoms with Crippen LogP contribution in [-0.4, -0.2) is 92.5 Å². The lowest BCUT2D eigenvalue weighted by Gasteiger charge is -2.36. The van der Waals surface area contributed by atoms with Crippen LogP contribution in [0.15, 0.2) is 27.6 Å². The van der Waals surface area contributed by atoms with Crippen LogP contribution in [0.25, 0.3) is 0 Å². The number of hydrogen-bond donors (Lipinski definition) is 2. The molecule has 12 heteroatoms. The molecule has 11 nitrogen and oxygen atoms in total. The van der Waals surface area contributed by atoms with Crippen molar-refractivity contribution in [1.82, 2.24) is 15.0 Å². The summed E-state index contributed by atoms with van der Waals surface area (Å²) < 4.78 is 47.1. The van der Waals surface area contributed by atoms with Crippen LogP contribution in [0.5, 0.6) is 5.75 Å². The largest absolute Gasteiger partial charge is 0.490 e. The molecule has 1 aliphatic heterocycles. The predicted octanol–water partition coefficient (Wildman–Crippen LogP) is 5.40. The summed E-state index contributed by atoms with van der Waals surface area (Å²) in [5, 5.41) is 14.0. The summed E-state index contributed by atoms with van der Waals surface area (Å²) in [6, 6.07) is 4.25. The van der Waals surface area contributed by atoms with Crippen molar-refractivity contribution in [3.8, 4) is 5.75 Å². The summed E-state index contributed by atoms with van der Waals surface area (Å²) in [5.41, 5.74) is 0.677. The number of fused-ring (bicyclic) bond motifs is 1. The Bertz CT molecular complexity index is 1370. The van der Waals surface area contributed by atoms with Crippen molar-refractivity contribution >= 4 is 21.6 Å². The van der Waals surface area contributed by atoms with Crippen LogP contribution < -0.4 is 9.46 Å². The van der Waals surface area contributed by atoms with Crippen LogP contribution in [0, 0.1) is 25.7 Å². The summed E-state index contributed by atoms with van der Waals surface area (Å²) in [5.74, 6) is 0.883. The third-order valence-electron chi connectivity index (χ3n) is 9.33. The molecule has 1 fully saturated rings. The molecule has 1 aromatic heterocycles.